The number of fused-ring (bicyclic) bond motifs is 3. The number of aromatic amines is 1. The van der Waals surface area contributed by atoms with E-state index in [1.165, 1.54) is 6.42 Å². The normalized spacial score (nSPS) is 27.0. The Hall–Kier alpha value is -3.43. The molecule has 0 aromatic carbocycles. The lowest BCUT2D eigenvalue weighted by Crippen LogP contribution is -2.52. The van der Waals surface area contributed by atoms with Crippen LogP contribution in [0.4, 0.5) is 22.1 Å². The van der Waals surface area contributed by atoms with Crippen molar-refractivity contribution in [1.82, 2.24) is 30.5 Å². The molecule has 2 aliphatic carbocycles. The molecule has 1 saturated heterocycles. The lowest BCUT2D eigenvalue weighted by Gasteiger charge is -2.44. The van der Waals surface area contributed by atoms with Crippen molar-refractivity contribution in [3.05, 3.63) is 30.2 Å². The number of carbonyl (C=O) groups is 1. The first kappa shape index (κ1) is 20.0. The summed E-state index contributed by atoms with van der Waals surface area (Å²) in [6.45, 7) is 2.61. The van der Waals surface area contributed by atoms with E-state index < -0.39 is 6.09 Å². The highest BCUT2D eigenvalue weighted by atomic mass is 16.4. The van der Waals surface area contributed by atoms with E-state index in [0.29, 0.717) is 17.5 Å². The maximum Gasteiger partial charge on any atom is 0.404 e. The molecule has 1 amide bonds. The SMILES string of the molecule is O=C(O)NC1[C@H]2C[C@H]2CC12CCN(c1cnc3c(N4CCCc5ncccc54)n[nH]c3n1)CC2. The zero-order valence-electron chi connectivity index (χ0n) is 18.9. The number of aromatic nitrogens is 5. The number of piperidine rings is 1. The van der Waals surface area contributed by atoms with Crippen LogP contribution in [0.2, 0.25) is 0 Å². The van der Waals surface area contributed by atoms with Gasteiger partial charge in [0.15, 0.2) is 17.0 Å². The molecule has 2 aliphatic heterocycles. The molecule has 1 spiro atoms. The minimum Gasteiger partial charge on any atom is -0.465 e. The summed E-state index contributed by atoms with van der Waals surface area (Å²) in [7, 11) is 0. The Labute approximate surface area is 196 Å². The van der Waals surface area contributed by atoms with Crippen LogP contribution in [0.15, 0.2) is 24.5 Å². The summed E-state index contributed by atoms with van der Waals surface area (Å²) in [4.78, 5) is 30.0. The number of anilines is 3. The molecule has 0 bridgehead atoms. The van der Waals surface area contributed by atoms with Crippen molar-refractivity contribution in [1.29, 1.82) is 0 Å². The zero-order chi connectivity index (χ0) is 22.9. The van der Waals surface area contributed by atoms with Crippen molar-refractivity contribution in [2.45, 2.75) is 44.6 Å². The number of rotatable bonds is 3. The number of amides is 1. The Balaban J connectivity index is 1.12. The van der Waals surface area contributed by atoms with Gasteiger partial charge in [-0.05, 0) is 67.9 Å². The Morgan fingerprint density at radius 3 is 2.97 bits per heavy atom. The van der Waals surface area contributed by atoms with Crippen molar-refractivity contribution in [2.24, 2.45) is 17.3 Å². The molecule has 176 valence electrons. The number of pyridine rings is 1. The smallest absolute Gasteiger partial charge is 0.404 e. The fourth-order valence-corrected chi connectivity index (χ4v) is 6.84. The number of nitrogens with zero attached hydrogens (tertiary/aromatic N) is 6. The molecule has 3 aromatic rings. The zero-order valence-corrected chi connectivity index (χ0v) is 18.9. The van der Waals surface area contributed by atoms with Gasteiger partial charge in [0.2, 0.25) is 0 Å². The summed E-state index contributed by atoms with van der Waals surface area (Å²) in [5, 5.41) is 19.9. The van der Waals surface area contributed by atoms with Gasteiger partial charge in [-0.1, -0.05) is 0 Å². The molecule has 10 nitrogen and oxygen atoms in total. The number of hydrogen-bond acceptors (Lipinski definition) is 7. The second-order valence-corrected chi connectivity index (χ2v) is 10.3. The van der Waals surface area contributed by atoms with Crippen LogP contribution < -0.4 is 15.1 Å². The lowest BCUT2D eigenvalue weighted by atomic mass is 9.71. The first-order chi connectivity index (χ1) is 16.6. The maximum atomic E-state index is 11.4. The van der Waals surface area contributed by atoms with E-state index in [0.717, 1.165) is 80.3 Å². The molecule has 5 heterocycles. The van der Waals surface area contributed by atoms with E-state index in [-0.39, 0.29) is 11.5 Å². The predicted molar refractivity (Wildman–Crippen MR) is 126 cm³/mol. The fraction of sp³-hybridized carbons (Fsp3) is 0.542. The van der Waals surface area contributed by atoms with Crippen LogP contribution in [0.5, 0.6) is 0 Å². The molecule has 3 N–H and O–H groups in total. The number of aryl methyl sites for hydroxylation is 1. The highest BCUT2D eigenvalue weighted by Gasteiger charge is 2.61. The van der Waals surface area contributed by atoms with Crippen LogP contribution in [-0.2, 0) is 6.42 Å². The van der Waals surface area contributed by atoms with Crippen LogP contribution in [0, 0.1) is 17.3 Å². The Morgan fingerprint density at radius 1 is 1.24 bits per heavy atom. The summed E-state index contributed by atoms with van der Waals surface area (Å²) < 4.78 is 0. The molecule has 1 unspecified atom stereocenters. The van der Waals surface area contributed by atoms with E-state index in [1.807, 2.05) is 18.5 Å². The molecule has 2 saturated carbocycles. The van der Waals surface area contributed by atoms with E-state index >= 15 is 0 Å². The average Bonchev–Trinajstić information content (AvgIpc) is 3.38. The van der Waals surface area contributed by atoms with Gasteiger partial charge in [0.25, 0.3) is 0 Å². The van der Waals surface area contributed by atoms with Gasteiger partial charge in [-0.15, -0.1) is 0 Å². The minimum atomic E-state index is -0.891. The molecule has 10 heteroatoms. The molecular weight excluding hydrogens is 432 g/mol. The molecule has 3 aromatic heterocycles. The van der Waals surface area contributed by atoms with E-state index in [9.17, 15) is 9.90 Å². The second-order valence-electron chi connectivity index (χ2n) is 10.3. The Morgan fingerprint density at radius 2 is 2.12 bits per heavy atom. The number of hydrogen-bond donors (Lipinski definition) is 3. The topological polar surface area (TPSA) is 123 Å². The van der Waals surface area contributed by atoms with Crippen molar-refractivity contribution >= 4 is 34.6 Å². The highest BCUT2D eigenvalue weighted by Crippen LogP contribution is 2.63. The van der Waals surface area contributed by atoms with Crippen LogP contribution in [-0.4, -0.2) is 62.0 Å². The highest BCUT2D eigenvalue weighted by molar-refractivity contribution is 5.87. The first-order valence-electron chi connectivity index (χ1n) is 12.3. The quantitative estimate of drug-likeness (QED) is 0.545. The maximum absolute atomic E-state index is 11.4. The van der Waals surface area contributed by atoms with Crippen LogP contribution >= 0.6 is 0 Å². The summed E-state index contributed by atoms with van der Waals surface area (Å²) in [5.74, 6) is 2.90. The average molecular weight is 461 g/mol. The van der Waals surface area contributed by atoms with Crippen LogP contribution in [0.3, 0.4) is 0 Å². The fourth-order valence-electron chi connectivity index (χ4n) is 6.84. The number of nitrogens with one attached hydrogen (secondary N) is 2. The van der Waals surface area contributed by atoms with Crippen molar-refractivity contribution in [3.8, 4) is 0 Å². The molecule has 34 heavy (non-hydrogen) atoms. The third-order valence-electron chi connectivity index (χ3n) is 8.54. The van der Waals surface area contributed by atoms with Crippen LogP contribution in [0.25, 0.3) is 11.2 Å². The molecule has 3 atom stereocenters. The van der Waals surface area contributed by atoms with Gasteiger partial charge < -0.3 is 20.2 Å². The lowest BCUT2D eigenvalue weighted by molar-refractivity contribution is 0.132. The summed E-state index contributed by atoms with van der Waals surface area (Å²) in [6.07, 6.45) is 9.10. The van der Waals surface area contributed by atoms with Gasteiger partial charge in [-0.3, -0.25) is 10.1 Å². The Bertz CT molecular complexity index is 1270. The van der Waals surface area contributed by atoms with Gasteiger partial charge >= 0.3 is 6.09 Å². The molecular formula is C24H28N8O2. The number of H-pyrrole nitrogens is 1. The second kappa shape index (κ2) is 7.28. The van der Waals surface area contributed by atoms with Crippen molar-refractivity contribution < 1.29 is 9.90 Å². The molecule has 4 aliphatic rings. The van der Waals surface area contributed by atoms with Crippen LogP contribution in [0.1, 0.15) is 37.8 Å². The van der Waals surface area contributed by atoms with Gasteiger partial charge in [-0.25, -0.2) is 14.8 Å². The first-order valence-corrected chi connectivity index (χ1v) is 12.3. The Kier molecular flexibility index (Phi) is 4.28. The summed E-state index contributed by atoms with van der Waals surface area (Å²) >= 11 is 0. The molecule has 0 radical (unpaired) electrons. The largest absolute Gasteiger partial charge is 0.465 e. The van der Waals surface area contributed by atoms with E-state index in [1.54, 1.807) is 0 Å². The monoisotopic (exact) mass is 460 g/mol. The van der Waals surface area contributed by atoms with Gasteiger partial charge in [0.1, 0.15) is 5.82 Å². The van der Waals surface area contributed by atoms with E-state index in [4.69, 9.17) is 9.97 Å². The van der Waals surface area contributed by atoms with E-state index in [2.05, 4.69) is 36.4 Å². The minimum absolute atomic E-state index is 0.0941. The third-order valence-corrected chi connectivity index (χ3v) is 8.54. The number of carboxylic acid groups (broad SMARTS) is 1. The summed E-state index contributed by atoms with van der Waals surface area (Å²) in [5.41, 5.74) is 3.74. The molecule has 7 rings (SSSR count). The van der Waals surface area contributed by atoms with Crippen molar-refractivity contribution in [2.75, 3.05) is 29.4 Å². The van der Waals surface area contributed by atoms with Gasteiger partial charge in [-0.2, -0.15) is 5.10 Å². The standard InChI is InChI=1S/C24H28N8O2/c33-23(34)28-20-15-11-14(15)12-24(20)5-9-31(10-6-24)18-13-26-19-21(27-18)29-30-22(19)32-8-2-3-16-17(32)4-1-7-25-16/h1,4,7,13-15,20,28H,2-3,5-6,8-12H2,(H,33,34)(H,27,29,30)/t14-,15-,20?/m0/s1. The predicted octanol–water partition coefficient (Wildman–Crippen LogP) is 3.09. The third kappa shape index (κ3) is 3.04. The summed E-state index contributed by atoms with van der Waals surface area (Å²) in [6, 6.07) is 4.15. The van der Waals surface area contributed by atoms with Gasteiger partial charge in [0, 0.05) is 31.9 Å². The van der Waals surface area contributed by atoms with Crippen molar-refractivity contribution in [3.63, 3.8) is 0 Å². The van der Waals surface area contributed by atoms with Gasteiger partial charge in [0.05, 0.1) is 17.6 Å². The molecule has 3 fully saturated rings.